The van der Waals surface area contributed by atoms with Crippen LogP contribution >= 0.6 is 12.6 Å². The second kappa shape index (κ2) is 5.29. The maximum Gasteiger partial charge on any atom is 0.249 e. The molecule has 0 atom stereocenters. The molecule has 0 saturated carbocycles. The Morgan fingerprint density at radius 2 is 2.29 bits per heavy atom. The molecule has 1 rings (SSSR count). The summed E-state index contributed by atoms with van der Waals surface area (Å²) in [5.74, 6) is -0.0886. The number of carbonyl (C=O) groups is 1. The van der Waals surface area contributed by atoms with Crippen LogP contribution in [0.25, 0.3) is 0 Å². The van der Waals surface area contributed by atoms with Gasteiger partial charge in [0.2, 0.25) is 5.91 Å². The lowest BCUT2D eigenvalue weighted by atomic mass is 10.2. The van der Waals surface area contributed by atoms with Gasteiger partial charge in [0.15, 0.2) is 0 Å². The number of para-hydroxylation sites is 1. The summed E-state index contributed by atoms with van der Waals surface area (Å²) in [6, 6.07) is 6.70. The van der Waals surface area contributed by atoms with E-state index in [1.54, 1.807) is 24.3 Å². The summed E-state index contributed by atoms with van der Waals surface area (Å²) in [6.07, 6.45) is 1.37. The zero-order valence-electron chi connectivity index (χ0n) is 7.34. The lowest BCUT2D eigenvalue weighted by molar-refractivity contribution is -0.118. The Kier molecular flexibility index (Phi) is 4.00. The van der Waals surface area contributed by atoms with Crippen LogP contribution in [-0.2, 0) is 4.79 Å². The first-order valence-corrected chi connectivity index (χ1v) is 4.58. The van der Waals surface area contributed by atoms with Gasteiger partial charge in [0.05, 0.1) is 12.0 Å². The Bertz CT molecular complexity index is 352. The first kappa shape index (κ1) is 10.6. The zero-order valence-corrected chi connectivity index (χ0v) is 8.24. The van der Waals surface area contributed by atoms with Crippen molar-refractivity contribution < 1.29 is 9.90 Å². The van der Waals surface area contributed by atoms with Crippen molar-refractivity contribution in [3.05, 3.63) is 29.8 Å². The molecule has 0 aliphatic heterocycles. The Morgan fingerprint density at radius 3 is 2.93 bits per heavy atom. The number of phenolic OH excluding ortho intramolecular Hbond substituents is 1. The van der Waals surface area contributed by atoms with Crippen molar-refractivity contribution in [3.8, 4) is 5.75 Å². The summed E-state index contributed by atoms with van der Waals surface area (Å²) < 4.78 is 0. The van der Waals surface area contributed by atoms with E-state index in [1.807, 2.05) is 0 Å². The van der Waals surface area contributed by atoms with Gasteiger partial charge >= 0.3 is 0 Å². The van der Waals surface area contributed by atoms with Crippen LogP contribution in [0.15, 0.2) is 29.4 Å². The van der Waals surface area contributed by atoms with E-state index in [0.29, 0.717) is 5.56 Å². The number of aromatic hydroxyl groups is 1. The van der Waals surface area contributed by atoms with Gasteiger partial charge < -0.3 is 5.11 Å². The predicted molar refractivity (Wildman–Crippen MR) is 57.7 cm³/mol. The average molecular weight is 210 g/mol. The number of nitrogens with zero attached hydrogens (tertiary/aromatic N) is 1. The number of nitrogens with one attached hydrogen (secondary N) is 1. The lowest BCUT2D eigenvalue weighted by Gasteiger charge is -1.97. The van der Waals surface area contributed by atoms with Crippen molar-refractivity contribution >= 4 is 24.8 Å². The minimum atomic E-state index is -0.292. The van der Waals surface area contributed by atoms with Gasteiger partial charge in [-0.2, -0.15) is 17.7 Å². The van der Waals surface area contributed by atoms with E-state index in [0.717, 1.165) is 0 Å². The first-order chi connectivity index (χ1) is 6.74. The average Bonchev–Trinajstić information content (AvgIpc) is 2.20. The molecule has 0 saturated heterocycles. The van der Waals surface area contributed by atoms with E-state index < -0.39 is 0 Å². The zero-order chi connectivity index (χ0) is 10.4. The van der Waals surface area contributed by atoms with Gasteiger partial charge in [-0.05, 0) is 12.1 Å². The highest BCUT2D eigenvalue weighted by atomic mass is 32.1. The highest BCUT2D eigenvalue weighted by Gasteiger charge is 1.95. The normalized spacial score (nSPS) is 10.4. The van der Waals surface area contributed by atoms with E-state index in [9.17, 15) is 9.90 Å². The number of hydrazone groups is 1. The Balaban J connectivity index is 2.60. The fourth-order valence-electron chi connectivity index (χ4n) is 0.806. The molecule has 2 N–H and O–H groups in total. The van der Waals surface area contributed by atoms with Gasteiger partial charge in [-0.15, -0.1) is 0 Å². The number of carbonyl (C=O) groups excluding carboxylic acids is 1. The largest absolute Gasteiger partial charge is 0.507 e. The molecule has 14 heavy (non-hydrogen) atoms. The molecule has 4 nitrogen and oxygen atoms in total. The maximum absolute atomic E-state index is 10.7. The smallest absolute Gasteiger partial charge is 0.249 e. The SMILES string of the molecule is O=C(CS)N/N=C/c1ccccc1O. The number of amides is 1. The molecule has 1 aromatic carbocycles. The number of rotatable bonds is 3. The number of phenols is 1. The van der Waals surface area contributed by atoms with E-state index in [4.69, 9.17) is 0 Å². The van der Waals surface area contributed by atoms with E-state index in [2.05, 4.69) is 23.2 Å². The molecule has 0 radical (unpaired) electrons. The number of thiol groups is 1. The Morgan fingerprint density at radius 1 is 1.57 bits per heavy atom. The summed E-state index contributed by atoms with van der Waals surface area (Å²) in [5.41, 5.74) is 2.80. The Hall–Kier alpha value is -1.49. The molecule has 0 heterocycles. The molecule has 0 bridgehead atoms. The monoisotopic (exact) mass is 210 g/mol. The van der Waals surface area contributed by atoms with E-state index >= 15 is 0 Å². The third kappa shape index (κ3) is 3.10. The summed E-state index contributed by atoms with van der Waals surface area (Å²) in [7, 11) is 0. The topological polar surface area (TPSA) is 61.7 Å². The second-order valence-electron chi connectivity index (χ2n) is 2.51. The van der Waals surface area contributed by atoms with Gasteiger partial charge in [0, 0.05) is 5.56 Å². The van der Waals surface area contributed by atoms with Crippen molar-refractivity contribution in [1.29, 1.82) is 0 Å². The van der Waals surface area contributed by atoms with Crippen molar-refractivity contribution in [2.75, 3.05) is 5.75 Å². The van der Waals surface area contributed by atoms with Crippen molar-refractivity contribution in [1.82, 2.24) is 5.43 Å². The summed E-state index contributed by atoms with van der Waals surface area (Å²) in [4.78, 5) is 10.7. The molecule has 5 heteroatoms. The van der Waals surface area contributed by atoms with E-state index in [1.165, 1.54) is 6.21 Å². The van der Waals surface area contributed by atoms with Crippen LogP contribution in [0, 0.1) is 0 Å². The third-order valence-electron chi connectivity index (χ3n) is 1.47. The van der Waals surface area contributed by atoms with Crippen molar-refractivity contribution in [3.63, 3.8) is 0 Å². The molecule has 1 amide bonds. The van der Waals surface area contributed by atoms with Crippen LogP contribution in [-0.4, -0.2) is 23.0 Å². The predicted octanol–water partition coefficient (Wildman–Crippen LogP) is 0.772. The van der Waals surface area contributed by atoms with Gasteiger partial charge in [-0.1, -0.05) is 12.1 Å². The quantitative estimate of drug-likeness (QED) is 0.392. The van der Waals surface area contributed by atoms with Gasteiger partial charge in [-0.25, -0.2) is 5.43 Å². The van der Waals surface area contributed by atoms with Gasteiger partial charge in [0.25, 0.3) is 0 Å². The number of hydrogen-bond donors (Lipinski definition) is 3. The summed E-state index contributed by atoms with van der Waals surface area (Å²) >= 11 is 3.76. The first-order valence-electron chi connectivity index (χ1n) is 3.95. The third-order valence-corrected chi connectivity index (χ3v) is 1.76. The highest BCUT2D eigenvalue weighted by Crippen LogP contribution is 2.12. The molecule has 0 aromatic heterocycles. The van der Waals surface area contributed by atoms with Crippen LogP contribution < -0.4 is 5.43 Å². The molecule has 74 valence electrons. The number of benzene rings is 1. The van der Waals surface area contributed by atoms with Crippen LogP contribution in [0.5, 0.6) is 5.75 Å². The van der Waals surface area contributed by atoms with Gasteiger partial charge in [-0.3, -0.25) is 4.79 Å². The molecule has 1 aromatic rings. The highest BCUT2D eigenvalue weighted by molar-refractivity contribution is 7.81. The lowest BCUT2D eigenvalue weighted by Crippen LogP contribution is -2.18. The number of hydrogen-bond acceptors (Lipinski definition) is 4. The standard InChI is InChI=1S/C9H10N2O2S/c12-8-4-2-1-3-7(8)5-10-11-9(13)6-14/h1-5,12,14H,6H2,(H,11,13)/b10-5+. The maximum atomic E-state index is 10.7. The van der Waals surface area contributed by atoms with Crippen LogP contribution in [0.3, 0.4) is 0 Å². The molecule has 0 unspecified atom stereocenters. The fraction of sp³-hybridized carbons (Fsp3) is 0.111. The Labute approximate surface area is 87.1 Å². The molecular weight excluding hydrogens is 200 g/mol. The second-order valence-corrected chi connectivity index (χ2v) is 2.83. The molecule has 0 spiro atoms. The minimum absolute atomic E-state index is 0.0815. The molecule has 0 fully saturated rings. The summed E-state index contributed by atoms with van der Waals surface area (Å²) in [5, 5.41) is 13.0. The summed E-state index contributed by atoms with van der Waals surface area (Å²) in [6.45, 7) is 0. The fourth-order valence-corrected chi connectivity index (χ4v) is 0.877. The molecular formula is C9H10N2O2S. The minimum Gasteiger partial charge on any atom is -0.507 e. The van der Waals surface area contributed by atoms with E-state index in [-0.39, 0.29) is 17.4 Å². The molecule has 0 aliphatic carbocycles. The van der Waals surface area contributed by atoms with Crippen LogP contribution in [0.2, 0.25) is 0 Å². The van der Waals surface area contributed by atoms with Crippen LogP contribution in [0.1, 0.15) is 5.56 Å². The van der Waals surface area contributed by atoms with Crippen molar-refractivity contribution in [2.24, 2.45) is 5.10 Å². The van der Waals surface area contributed by atoms with Gasteiger partial charge in [0.1, 0.15) is 5.75 Å². The molecule has 0 aliphatic rings. The van der Waals surface area contributed by atoms with Crippen molar-refractivity contribution in [2.45, 2.75) is 0 Å². The van der Waals surface area contributed by atoms with Crippen LogP contribution in [0.4, 0.5) is 0 Å².